The van der Waals surface area contributed by atoms with E-state index in [-0.39, 0.29) is 0 Å². The molecule has 0 amide bonds. The number of piperazine rings is 1. The van der Waals surface area contributed by atoms with Gasteiger partial charge in [-0.2, -0.15) is 0 Å². The molecular weight excluding hydrogens is 348 g/mol. The van der Waals surface area contributed by atoms with Crippen molar-refractivity contribution in [1.82, 2.24) is 9.80 Å². The van der Waals surface area contributed by atoms with Gasteiger partial charge in [0.25, 0.3) is 0 Å². The molecule has 4 heteroatoms. The van der Waals surface area contributed by atoms with E-state index in [4.69, 9.17) is 4.74 Å². The minimum Gasteiger partial charge on any atom is -0.493 e. The smallest absolute Gasteiger partial charge is 0.144 e. The van der Waals surface area contributed by atoms with Crippen molar-refractivity contribution in [2.24, 2.45) is 0 Å². The molecule has 3 rings (SSSR count). The Morgan fingerprint density at radius 2 is 1.75 bits per heavy atom. The zero-order valence-corrected chi connectivity index (χ0v) is 16.9. The number of benzene rings is 2. The van der Waals surface area contributed by atoms with Gasteiger partial charge in [0.15, 0.2) is 0 Å². The van der Waals surface area contributed by atoms with Gasteiger partial charge in [0.1, 0.15) is 12.0 Å². The average molecular weight is 379 g/mol. The minimum absolute atomic E-state index is 0.693. The quantitative estimate of drug-likeness (QED) is 0.517. The SMILES string of the molecule is Cc1ccc(OCCc2ccc(CN3CCN(C=CC=O)CC3)c(C)c2)cc1. The van der Waals surface area contributed by atoms with E-state index in [9.17, 15) is 4.79 Å². The van der Waals surface area contributed by atoms with Crippen molar-refractivity contribution in [2.45, 2.75) is 26.8 Å². The van der Waals surface area contributed by atoms with Crippen LogP contribution in [0, 0.1) is 13.8 Å². The molecule has 0 N–H and O–H groups in total. The molecule has 4 nitrogen and oxygen atoms in total. The predicted molar refractivity (Wildman–Crippen MR) is 114 cm³/mol. The Labute approximate surface area is 168 Å². The number of ether oxygens (including phenoxy) is 1. The van der Waals surface area contributed by atoms with Gasteiger partial charge in [-0.05, 0) is 48.7 Å². The molecule has 0 aromatic heterocycles. The zero-order valence-electron chi connectivity index (χ0n) is 16.9. The van der Waals surface area contributed by atoms with E-state index in [1.54, 1.807) is 6.08 Å². The molecule has 2 aromatic rings. The van der Waals surface area contributed by atoms with Gasteiger partial charge in [0.05, 0.1) is 6.61 Å². The fraction of sp³-hybridized carbons (Fsp3) is 0.375. The lowest BCUT2D eigenvalue weighted by Gasteiger charge is -2.34. The second-order valence-corrected chi connectivity index (χ2v) is 7.46. The van der Waals surface area contributed by atoms with Gasteiger partial charge < -0.3 is 9.64 Å². The Morgan fingerprint density at radius 3 is 2.43 bits per heavy atom. The molecule has 1 saturated heterocycles. The van der Waals surface area contributed by atoms with Crippen LogP contribution in [-0.4, -0.2) is 48.9 Å². The third kappa shape index (κ3) is 5.96. The molecule has 0 unspecified atom stereocenters. The molecule has 0 saturated carbocycles. The molecule has 28 heavy (non-hydrogen) atoms. The van der Waals surface area contributed by atoms with Crippen LogP contribution < -0.4 is 4.74 Å². The number of allylic oxidation sites excluding steroid dienone is 1. The molecular formula is C24H30N2O2. The maximum absolute atomic E-state index is 10.4. The molecule has 0 atom stereocenters. The van der Waals surface area contributed by atoms with Crippen molar-refractivity contribution in [3.8, 4) is 5.75 Å². The second-order valence-electron chi connectivity index (χ2n) is 7.46. The van der Waals surface area contributed by atoms with E-state index in [0.717, 1.165) is 51.2 Å². The summed E-state index contributed by atoms with van der Waals surface area (Å²) in [5.74, 6) is 0.932. The Kier molecular flexibility index (Phi) is 7.26. The predicted octanol–water partition coefficient (Wildman–Crippen LogP) is 3.76. The van der Waals surface area contributed by atoms with Crippen LogP contribution in [0.2, 0.25) is 0 Å². The largest absolute Gasteiger partial charge is 0.493 e. The molecule has 1 heterocycles. The molecule has 2 aromatic carbocycles. The summed E-state index contributed by atoms with van der Waals surface area (Å²) in [6.07, 6.45) is 5.21. The van der Waals surface area contributed by atoms with Crippen molar-refractivity contribution in [3.63, 3.8) is 0 Å². The lowest BCUT2D eigenvalue weighted by molar-refractivity contribution is -0.104. The molecule has 0 bridgehead atoms. The third-order valence-corrected chi connectivity index (χ3v) is 5.26. The van der Waals surface area contributed by atoms with E-state index in [1.165, 1.54) is 22.3 Å². The van der Waals surface area contributed by atoms with Crippen molar-refractivity contribution in [3.05, 3.63) is 77.0 Å². The molecule has 0 aliphatic carbocycles. The molecule has 0 spiro atoms. The Bertz CT molecular complexity index is 791. The molecule has 1 aliphatic rings. The first-order valence-electron chi connectivity index (χ1n) is 10.0. The highest BCUT2D eigenvalue weighted by Gasteiger charge is 2.15. The normalized spacial score (nSPS) is 15.1. The number of hydrogen-bond donors (Lipinski definition) is 0. The fourth-order valence-electron chi connectivity index (χ4n) is 3.48. The van der Waals surface area contributed by atoms with Gasteiger partial charge in [0, 0.05) is 45.3 Å². The first-order chi connectivity index (χ1) is 13.6. The summed E-state index contributed by atoms with van der Waals surface area (Å²) in [5.41, 5.74) is 5.30. The minimum atomic E-state index is 0.693. The molecule has 1 fully saturated rings. The van der Waals surface area contributed by atoms with E-state index in [1.807, 2.05) is 18.3 Å². The number of aldehydes is 1. The lowest BCUT2D eigenvalue weighted by atomic mass is 10.0. The van der Waals surface area contributed by atoms with Crippen LogP contribution >= 0.6 is 0 Å². The van der Waals surface area contributed by atoms with Gasteiger partial charge in [-0.15, -0.1) is 0 Å². The van der Waals surface area contributed by atoms with Crippen LogP contribution in [0.5, 0.6) is 5.75 Å². The van der Waals surface area contributed by atoms with Crippen LogP contribution in [0.4, 0.5) is 0 Å². The van der Waals surface area contributed by atoms with Gasteiger partial charge in [-0.1, -0.05) is 35.9 Å². The van der Waals surface area contributed by atoms with Crippen molar-refractivity contribution in [2.75, 3.05) is 32.8 Å². The number of rotatable bonds is 8. The van der Waals surface area contributed by atoms with Crippen LogP contribution in [0.3, 0.4) is 0 Å². The van der Waals surface area contributed by atoms with E-state index >= 15 is 0 Å². The van der Waals surface area contributed by atoms with Gasteiger partial charge in [-0.25, -0.2) is 0 Å². The second kappa shape index (κ2) is 10.1. The Morgan fingerprint density at radius 1 is 1.00 bits per heavy atom. The van der Waals surface area contributed by atoms with Gasteiger partial charge in [-0.3, -0.25) is 9.69 Å². The van der Waals surface area contributed by atoms with Crippen molar-refractivity contribution in [1.29, 1.82) is 0 Å². The van der Waals surface area contributed by atoms with E-state index in [2.05, 4.69) is 54.0 Å². The number of carbonyl (C=O) groups excluding carboxylic acids is 1. The number of carbonyl (C=O) groups is 1. The van der Waals surface area contributed by atoms with Gasteiger partial charge >= 0.3 is 0 Å². The number of aryl methyl sites for hydroxylation is 2. The summed E-state index contributed by atoms with van der Waals surface area (Å²) in [6.45, 7) is 9.94. The molecule has 1 aliphatic heterocycles. The summed E-state index contributed by atoms with van der Waals surface area (Å²) in [4.78, 5) is 15.1. The van der Waals surface area contributed by atoms with Crippen molar-refractivity contribution >= 4 is 6.29 Å². The summed E-state index contributed by atoms with van der Waals surface area (Å²) < 4.78 is 5.85. The third-order valence-electron chi connectivity index (χ3n) is 5.26. The summed E-state index contributed by atoms with van der Waals surface area (Å²) in [7, 11) is 0. The van der Waals surface area contributed by atoms with E-state index in [0.29, 0.717) is 6.61 Å². The summed E-state index contributed by atoms with van der Waals surface area (Å²) in [6, 6.07) is 15.0. The van der Waals surface area contributed by atoms with Crippen molar-refractivity contribution < 1.29 is 9.53 Å². The highest BCUT2D eigenvalue weighted by molar-refractivity contribution is 5.64. The molecule has 0 radical (unpaired) electrons. The highest BCUT2D eigenvalue weighted by atomic mass is 16.5. The maximum atomic E-state index is 10.4. The highest BCUT2D eigenvalue weighted by Crippen LogP contribution is 2.17. The van der Waals surface area contributed by atoms with Crippen LogP contribution in [0.1, 0.15) is 22.3 Å². The van der Waals surface area contributed by atoms with Crippen LogP contribution in [0.25, 0.3) is 0 Å². The Hall–Kier alpha value is -2.59. The maximum Gasteiger partial charge on any atom is 0.144 e. The number of nitrogens with zero attached hydrogens (tertiary/aromatic N) is 2. The summed E-state index contributed by atoms with van der Waals surface area (Å²) in [5, 5.41) is 0. The Balaban J connectivity index is 1.46. The van der Waals surface area contributed by atoms with Gasteiger partial charge in [0.2, 0.25) is 0 Å². The zero-order chi connectivity index (χ0) is 19.8. The first kappa shape index (κ1) is 20.2. The average Bonchev–Trinajstić information content (AvgIpc) is 2.71. The fourth-order valence-corrected chi connectivity index (χ4v) is 3.48. The van der Waals surface area contributed by atoms with Crippen LogP contribution in [-0.2, 0) is 17.8 Å². The topological polar surface area (TPSA) is 32.8 Å². The molecule has 148 valence electrons. The standard InChI is InChI=1S/C24H30N2O2/c1-20-4-8-24(9-5-20)28-17-10-22-6-7-23(21(2)18-22)19-26-14-12-25(13-15-26)11-3-16-27/h3-9,11,16,18H,10,12-15,17,19H2,1-2H3. The first-order valence-corrected chi connectivity index (χ1v) is 10.0. The van der Waals surface area contributed by atoms with E-state index < -0.39 is 0 Å². The number of hydrogen-bond acceptors (Lipinski definition) is 4. The monoisotopic (exact) mass is 378 g/mol. The van der Waals surface area contributed by atoms with Crippen LogP contribution in [0.15, 0.2) is 54.7 Å². The lowest BCUT2D eigenvalue weighted by Crippen LogP contribution is -2.43. The summed E-state index contributed by atoms with van der Waals surface area (Å²) >= 11 is 0.